The van der Waals surface area contributed by atoms with E-state index in [0.29, 0.717) is 42.0 Å². The maximum atomic E-state index is 14.4. The first-order valence-electron chi connectivity index (χ1n) is 13.7. The minimum atomic E-state index is -0.518. The number of ether oxygens (including phenoxy) is 1. The van der Waals surface area contributed by atoms with Gasteiger partial charge in [0.15, 0.2) is 0 Å². The van der Waals surface area contributed by atoms with Gasteiger partial charge in [-0.1, -0.05) is 11.6 Å². The highest BCUT2D eigenvalue weighted by molar-refractivity contribution is 6.30. The summed E-state index contributed by atoms with van der Waals surface area (Å²) in [6.45, 7) is 6.62. The summed E-state index contributed by atoms with van der Waals surface area (Å²) < 4.78 is 19.5. The van der Waals surface area contributed by atoms with Crippen molar-refractivity contribution in [2.24, 2.45) is 5.41 Å². The van der Waals surface area contributed by atoms with E-state index in [0.717, 1.165) is 32.6 Å². The number of piperazine rings is 1. The Balaban J connectivity index is 1.14. The summed E-state index contributed by atoms with van der Waals surface area (Å²) in [7, 11) is 0. The van der Waals surface area contributed by atoms with Gasteiger partial charge in [-0.15, -0.1) is 5.10 Å². The van der Waals surface area contributed by atoms with Gasteiger partial charge in [0, 0.05) is 62.3 Å². The molecule has 5 rings (SSSR count). The molecule has 14 heteroatoms. The minimum absolute atomic E-state index is 0.117. The standard InChI is InChI=1S/C28H32ClFN8O4/c1-28(5-11-42-27(28)41)16-38-9-7-37(8-10-38)6-4-26(40)34-25-14-24(31-17-32-25)33-22-13-21(35-36-23(22)15-39)19-12-18(29)2-3-20(19)30/h2-3,12-14,17,39H,4-11,15-16H2,1H3,(H2,31,32,33,34,35,40). The Hall–Kier alpha value is -3.78. The van der Waals surface area contributed by atoms with Crippen LogP contribution in [0.5, 0.6) is 0 Å². The highest BCUT2D eigenvalue weighted by atomic mass is 35.5. The van der Waals surface area contributed by atoms with Crippen molar-refractivity contribution in [2.75, 3.05) is 56.5 Å². The fourth-order valence-electron chi connectivity index (χ4n) is 5.02. The maximum absolute atomic E-state index is 14.4. The van der Waals surface area contributed by atoms with E-state index in [9.17, 15) is 19.1 Å². The molecule has 2 aromatic heterocycles. The summed E-state index contributed by atoms with van der Waals surface area (Å²) in [5, 5.41) is 23.9. The number of carbonyl (C=O) groups is 2. The molecule has 2 fully saturated rings. The van der Waals surface area contributed by atoms with Crippen LogP contribution in [0.3, 0.4) is 0 Å². The van der Waals surface area contributed by atoms with Crippen molar-refractivity contribution < 1.29 is 23.8 Å². The number of anilines is 3. The Bertz CT molecular complexity index is 1460. The number of esters is 1. The van der Waals surface area contributed by atoms with E-state index in [2.05, 4.69) is 40.6 Å². The summed E-state index contributed by atoms with van der Waals surface area (Å²) >= 11 is 6.02. The van der Waals surface area contributed by atoms with Crippen LogP contribution in [0, 0.1) is 11.2 Å². The van der Waals surface area contributed by atoms with E-state index in [1.807, 2.05) is 6.92 Å². The number of aromatic nitrogens is 4. The van der Waals surface area contributed by atoms with Gasteiger partial charge in [0.25, 0.3) is 0 Å². The second-order valence-electron chi connectivity index (χ2n) is 10.6. The van der Waals surface area contributed by atoms with Gasteiger partial charge in [-0.2, -0.15) is 5.10 Å². The zero-order valence-corrected chi connectivity index (χ0v) is 23.9. The molecule has 1 aromatic carbocycles. The lowest BCUT2D eigenvalue weighted by molar-refractivity contribution is -0.146. The number of nitrogens with zero attached hydrogens (tertiary/aromatic N) is 6. The van der Waals surface area contributed by atoms with Gasteiger partial charge in [0.1, 0.15) is 29.5 Å². The van der Waals surface area contributed by atoms with Crippen molar-refractivity contribution in [1.29, 1.82) is 0 Å². The van der Waals surface area contributed by atoms with Gasteiger partial charge in [-0.3, -0.25) is 14.5 Å². The number of hydrogen-bond donors (Lipinski definition) is 3. The number of halogens is 2. The molecule has 4 heterocycles. The molecule has 0 aliphatic carbocycles. The smallest absolute Gasteiger partial charge is 0.313 e. The van der Waals surface area contributed by atoms with Gasteiger partial charge in [-0.05, 0) is 37.6 Å². The summed E-state index contributed by atoms with van der Waals surface area (Å²) in [5.41, 5.74) is 0.524. The average Bonchev–Trinajstić information content (AvgIpc) is 3.31. The first kappa shape index (κ1) is 29.7. The van der Waals surface area contributed by atoms with E-state index in [-0.39, 0.29) is 35.2 Å². The van der Waals surface area contributed by atoms with Gasteiger partial charge in [0.05, 0.1) is 30.0 Å². The molecule has 2 aliphatic rings. The fraction of sp³-hybridized carbons (Fsp3) is 0.429. The predicted octanol–water partition coefficient (Wildman–Crippen LogP) is 2.86. The lowest BCUT2D eigenvalue weighted by atomic mass is 9.88. The molecule has 2 saturated heterocycles. The van der Waals surface area contributed by atoms with E-state index in [4.69, 9.17) is 16.3 Å². The van der Waals surface area contributed by atoms with Crippen molar-refractivity contribution in [3.8, 4) is 11.3 Å². The topological polar surface area (TPSA) is 146 Å². The highest BCUT2D eigenvalue weighted by Crippen LogP contribution is 2.31. The Morgan fingerprint density at radius 1 is 1.12 bits per heavy atom. The molecule has 3 aromatic rings. The third-order valence-electron chi connectivity index (χ3n) is 7.49. The van der Waals surface area contributed by atoms with Crippen molar-refractivity contribution in [2.45, 2.75) is 26.4 Å². The molecule has 0 spiro atoms. The molecular formula is C28H32ClFN8O4. The monoisotopic (exact) mass is 598 g/mol. The maximum Gasteiger partial charge on any atom is 0.313 e. The van der Waals surface area contributed by atoms with Crippen LogP contribution in [0.25, 0.3) is 11.3 Å². The number of benzene rings is 1. The molecule has 0 bridgehead atoms. The zero-order chi connectivity index (χ0) is 29.7. The van der Waals surface area contributed by atoms with Crippen LogP contribution < -0.4 is 10.6 Å². The van der Waals surface area contributed by atoms with Crippen LogP contribution in [0.4, 0.5) is 21.7 Å². The van der Waals surface area contributed by atoms with Crippen LogP contribution in [-0.4, -0.2) is 92.8 Å². The third kappa shape index (κ3) is 7.16. The zero-order valence-electron chi connectivity index (χ0n) is 23.1. The van der Waals surface area contributed by atoms with E-state index in [1.54, 1.807) is 6.07 Å². The van der Waals surface area contributed by atoms with E-state index in [1.165, 1.54) is 30.6 Å². The molecular weight excluding hydrogens is 567 g/mol. The average molecular weight is 599 g/mol. The van der Waals surface area contributed by atoms with Crippen molar-refractivity contribution in [3.63, 3.8) is 0 Å². The highest BCUT2D eigenvalue weighted by Gasteiger charge is 2.41. The Labute approximate surface area is 247 Å². The molecule has 1 atom stereocenters. The Morgan fingerprint density at radius 3 is 2.62 bits per heavy atom. The molecule has 0 radical (unpaired) electrons. The minimum Gasteiger partial charge on any atom is -0.465 e. The summed E-state index contributed by atoms with van der Waals surface area (Å²) in [6, 6.07) is 7.20. The third-order valence-corrected chi connectivity index (χ3v) is 7.73. The van der Waals surface area contributed by atoms with Crippen molar-refractivity contribution >= 4 is 40.8 Å². The van der Waals surface area contributed by atoms with Crippen LogP contribution in [0.2, 0.25) is 5.02 Å². The number of nitrogens with one attached hydrogen (secondary N) is 2. The van der Waals surface area contributed by atoms with Gasteiger partial charge >= 0.3 is 5.97 Å². The second kappa shape index (κ2) is 13.0. The van der Waals surface area contributed by atoms with Crippen LogP contribution in [0.15, 0.2) is 36.7 Å². The van der Waals surface area contributed by atoms with Crippen LogP contribution in [0.1, 0.15) is 25.5 Å². The largest absolute Gasteiger partial charge is 0.465 e. The number of aliphatic hydroxyl groups is 1. The molecule has 12 nitrogen and oxygen atoms in total. The van der Waals surface area contributed by atoms with Gasteiger partial charge in [0.2, 0.25) is 5.91 Å². The molecule has 42 heavy (non-hydrogen) atoms. The normalized spacial score (nSPS) is 19.5. The van der Waals surface area contributed by atoms with Gasteiger partial charge in [-0.25, -0.2) is 14.4 Å². The lowest BCUT2D eigenvalue weighted by Crippen LogP contribution is -2.50. The predicted molar refractivity (Wildman–Crippen MR) is 153 cm³/mol. The van der Waals surface area contributed by atoms with E-state index < -0.39 is 17.8 Å². The summed E-state index contributed by atoms with van der Waals surface area (Å²) in [4.78, 5) is 37.6. The number of hydrogen-bond acceptors (Lipinski definition) is 11. The summed E-state index contributed by atoms with van der Waals surface area (Å²) in [5.74, 6) is -0.197. The lowest BCUT2D eigenvalue weighted by Gasteiger charge is -2.37. The van der Waals surface area contributed by atoms with Crippen molar-refractivity contribution in [1.82, 2.24) is 30.0 Å². The molecule has 1 unspecified atom stereocenters. The van der Waals surface area contributed by atoms with Crippen LogP contribution in [-0.2, 0) is 20.9 Å². The second-order valence-corrected chi connectivity index (χ2v) is 11.1. The first-order chi connectivity index (χ1) is 20.2. The SMILES string of the molecule is CC1(CN2CCN(CCC(=O)Nc3cc(Nc4cc(-c5cc(Cl)ccc5F)nnc4CO)ncn3)CC2)CCOC1=O. The number of amides is 1. The number of rotatable bonds is 10. The molecule has 222 valence electrons. The Kier molecular flexibility index (Phi) is 9.21. The van der Waals surface area contributed by atoms with Crippen molar-refractivity contribution in [3.05, 3.63) is 53.2 Å². The number of carbonyl (C=O) groups excluding carboxylic acids is 2. The quantitative estimate of drug-likeness (QED) is 0.296. The van der Waals surface area contributed by atoms with Gasteiger partial charge < -0.3 is 25.4 Å². The Morgan fingerprint density at radius 2 is 1.88 bits per heavy atom. The van der Waals surface area contributed by atoms with E-state index >= 15 is 0 Å². The molecule has 0 saturated carbocycles. The molecule has 1 amide bonds. The molecule has 2 aliphatic heterocycles. The fourth-order valence-corrected chi connectivity index (χ4v) is 5.19. The summed E-state index contributed by atoms with van der Waals surface area (Å²) in [6.07, 6.45) is 2.33. The number of aliphatic hydroxyl groups excluding tert-OH is 1. The number of cyclic esters (lactones) is 1. The first-order valence-corrected chi connectivity index (χ1v) is 14.0. The van der Waals surface area contributed by atoms with Crippen LogP contribution >= 0.6 is 11.6 Å². The molecule has 3 N–H and O–H groups in total.